The third-order valence-corrected chi connectivity index (χ3v) is 0. The summed E-state index contributed by atoms with van der Waals surface area (Å²) < 4.78 is 48.5. The first kappa shape index (κ1) is 9.87. The van der Waals surface area contributed by atoms with Gasteiger partial charge in [-0.3, -0.25) is 4.39 Å². The van der Waals surface area contributed by atoms with E-state index in [0.717, 1.165) is 0 Å². The highest BCUT2D eigenvalue weighted by Crippen LogP contribution is 2.06. The molecule has 0 aromatic rings. The first-order valence-electron chi connectivity index (χ1n) is 1.25. The van der Waals surface area contributed by atoms with Crippen LogP contribution in [0.25, 0.3) is 0 Å². The van der Waals surface area contributed by atoms with Crippen LogP contribution in [0.3, 0.4) is 0 Å². The summed E-state index contributed by atoms with van der Waals surface area (Å²) in [5.74, 6) is 0. The standard InChI is InChI=1S/CH3F.BF4/c1-2;2-1(3,4)5/h1H3;/q;-1. The Kier molecular flexibility index (Phi) is 5.48. The Morgan fingerprint density at radius 3 is 0.857 bits per heavy atom. The molecular formula is CH3BF5-. The second-order valence-corrected chi connectivity index (χ2v) is 0.495. The van der Waals surface area contributed by atoms with Crippen LogP contribution < -0.4 is 0 Å². The van der Waals surface area contributed by atoms with Gasteiger partial charge >= 0.3 is 7.25 Å². The van der Waals surface area contributed by atoms with E-state index in [1.807, 2.05) is 0 Å². The zero-order valence-electron chi connectivity index (χ0n) is 3.47. The normalized spacial score (nSPS) is 9.43. The van der Waals surface area contributed by atoms with E-state index >= 15 is 0 Å². The van der Waals surface area contributed by atoms with Gasteiger partial charge in [0.1, 0.15) is 0 Å². The van der Waals surface area contributed by atoms with E-state index in [2.05, 4.69) is 0 Å². The molecule has 0 heterocycles. The first-order valence-corrected chi connectivity index (χ1v) is 1.25. The SMILES string of the molecule is CF.F[B-](F)(F)F. The van der Waals surface area contributed by atoms with Crippen molar-refractivity contribution in [3.05, 3.63) is 0 Å². The van der Waals surface area contributed by atoms with E-state index in [1.165, 1.54) is 0 Å². The summed E-state index contributed by atoms with van der Waals surface area (Å²) in [6, 6.07) is 0. The fourth-order valence-corrected chi connectivity index (χ4v) is 0. The Morgan fingerprint density at radius 2 is 0.857 bits per heavy atom. The van der Waals surface area contributed by atoms with E-state index in [-0.39, 0.29) is 0 Å². The Morgan fingerprint density at radius 1 is 0.857 bits per heavy atom. The molecule has 0 rings (SSSR count). The number of halogens is 5. The lowest BCUT2D eigenvalue weighted by atomic mass is 10.3. The van der Waals surface area contributed by atoms with Crippen LogP contribution in [0.4, 0.5) is 21.7 Å². The van der Waals surface area contributed by atoms with Gasteiger partial charge in [-0.1, -0.05) is 0 Å². The van der Waals surface area contributed by atoms with E-state index in [0.29, 0.717) is 7.18 Å². The highest BCUT2D eigenvalue weighted by Gasteiger charge is 2.20. The quantitative estimate of drug-likeness (QED) is 0.339. The Hall–Kier alpha value is -0.285. The van der Waals surface area contributed by atoms with Crippen molar-refractivity contribution < 1.29 is 21.7 Å². The van der Waals surface area contributed by atoms with Gasteiger partial charge in [-0.25, -0.2) is 0 Å². The van der Waals surface area contributed by atoms with Gasteiger partial charge < -0.3 is 17.3 Å². The van der Waals surface area contributed by atoms with Crippen LogP contribution in [0.1, 0.15) is 0 Å². The molecule has 0 aromatic heterocycles. The van der Waals surface area contributed by atoms with Gasteiger partial charge in [-0.2, -0.15) is 0 Å². The number of hydrogen-bond donors (Lipinski definition) is 0. The van der Waals surface area contributed by atoms with Gasteiger partial charge in [0.15, 0.2) is 0 Å². The van der Waals surface area contributed by atoms with Crippen LogP contribution in [-0.2, 0) is 0 Å². The lowest BCUT2D eigenvalue weighted by Crippen LogP contribution is -2.02. The third kappa shape index (κ3) is 971. The zero-order chi connectivity index (χ0) is 6.50. The van der Waals surface area contributed by atoms with Crippen LogP contribution >= 0.6 is 0 Å². The van der Waals surface area contributed by atoms with Crippen LogP contribution in [0.2, 0.25) is 0 Å². The molecule has 0 aliphatic heterocycles. The predicted octanol–water partition coefficient (Wildman–Crippen LogP) is 1.89. The van der Waals surface area contributed by atoms with E-state index in [9.17, 15) is 21.7 Å². The minimum Gasteiger partial charge on any atom is -0.418 e. The van der Waals surface area contributed by atoms with Crippen molar-refractivity contribution in [1.82, 2.24) is 0 Å². The molecule has 46 valence electrons. The lowest BCUT2D eigenvalue weighted by Gasteiger charge is -1.94. The van der Waals surface area contributed by atoms with Gasteiger partial charge in [0.05, 0.1) is 7.18 Å². The highest BCUT2D eigenvalue weighted by atomic mass is 19.5. The monoisotopic (exact) mass is 121 g/mol. The van der Waals surface area contributed by atoms with Crippen LogP contribution in [0.15, 0.2) is 0 Å². The molecule has 0 aliphatic carbocycles. The lowest BCUT2D eigenvalue weighted by molar-refractivity contribution is 0.368. The Bertz CT molecular complexity index is 23.6. The predicted molar refractivity (Wildman–Crippen MR) is 17.2 cm³/mol. The molecule has 0 saturated carbocycles. The number of hydrogen-bond acceptors (Lipinski definition) is 0. The smallest absolute Gasteiger partial charge is 0.418 e. The van der Waals surface area contributed by atoms with Crippen molar-refractivity contribution in [2.24, 2.45) is 0 Å². The molecule has 6 heteroatoms. The molecule has 0 atom stereocenters. The Balaban J connectivity index is 0. The van der Waals surface area contributed by atoms with Gasteiger partial charge in [0.25, 0.3) is 0 Å². The van der Waals surface area contributed by atoms with Crippen LogP contribution in [-0.4, -0.2) is 14.4 Å². The molecule has 0 nitrogen and oxygen atoms in total. The summed E-state index contributed by atoms with van der Waals surface area (Å²) in [6.07, 6.45) is 0. The summed E-state index contributed by atoms with van der Waals surface area (Å²) in [4.78, 5) is 0. The molecule has 0 N–H and O–H groups in total. The fourth-order valence-electron chi connectivity index (χ4n) is 0. The second-order valence-electron chi connectivity index (χ2n) is 0.495. The highest BCUT2D eigenvalue weighted by molar-refractivity contribution is 6.50. The van der Waals surface area contributed by atoms with Crippen molar-refractivity contribution in [1.29, 1.82) is 0 Å². The molecule has 0 radical (unpaired) electrons. The van der Waals surface area contributed by atoms with Crippen LogP contribution in [0.5, 0.6) is 0 Å². The topological polar surface area (TPSA) is 0 Å². The van der Waals surface area contributed by atoms with Gasteiger partial charge in [-0.15, -0.1) is 0 Å². The van der Waals surface area contributed by atoms with Crippen molar-refractivity contribution >= 4 is 7.25 Å². The summed E-state index contributed by atoms with van der Waals surface area (Å²) >= 11 is 0. The number of alkyl halides is 1. The van der Waals surface area contributed by atoms with Crippen molar-refractivity contribution in [2.75, 3.05) is 7.18 Å². The van der Waals surface area contributed by atoms with Gasteiger partial charge in [0.2, 0.25) is 0 Å². The number of rotatable bonds is 0. The minimum atomic E-state index is -6.00. The minimum absolute atomic E-state index is 0.500. The van der Waals surface area contributed by atoms with E-state index in [1.54, 1.807) is 0 Å². The van der Waals surface area contributed by atoms with E-state index in [4.69, 9.17) is 0 Å². The van der Waals surface area contributed by atoms with Crippen molar-refractivity contribution in [3.63, 3.8) is 0 Å². The third-order valence-electron chi connectivity index (χ3n) is 0. The van der Waals surface area contributed by atoms with Crippen molar-refractivity contribution in [2.45, 2.75) is 0 Å². The average molecular weight is 121 g/mol. The van der Waals surface area contributed by atoms with E-state index < -0.39 is 7.25 Å². The average Bonchev–Trinajstić information content (AvgIpc) is 1.36. The maximum absolute atomic E-state index is 9.75. The molecule has 7 heavy (non-hydrogen) atoms. The molecule has 0 unspecified atom stereocenters. The van der Waals surface area contributed by atoms with Crippen LogP contribution in [0, 0.1) is 0 Å². The van der Waals surface area contributed by atoms with Gasteiger partial charge in [0, 0.05) is 0 Å². The van der Waals surface area contributed by atoms with Crippen molar-refractivity contribution in [3.8, 4) is 0 Å². The zero-order valence-corrected chi connectivity index (χ0v) is 3.47. The molecular weight excluding hydrogens is 118 g/mol. The molecule has 0 fully saturated rings. The molecule has 0 aromatic carbocycles. The molecule has 0 spiro atoms. The molecule has 0 amide bonds. The summed E-state index contributed by atoms with van der Waals surface area (Å²) in [7, 11) is -5.50. The fraction of sp³-hybridized carbons (Fsp3) is 1.00. The first-order chi connectivity index (χ1) is 3.00. The summed E-state index contributed by atoms with van der Waals surface area (Å²) in [5, 5.41) is 0. The Labute approximate surface area is 37.4 Å². The maximum Gasteiger partial charge on any atom is 0.673 e. The summed E-state index contributed by atoms with van der Waals surface area (Å²) in [5.41, 5.74) is 0. The summed E-state index contributed by atoms with van der Waals surface area (Å²) in [6.45, 7) is 0. The molecule has 0 bridgehead atoms. The molecule has 0 saturated heterocycles. The van der Waals surface area contributed by atoms with Gasteiger partial charge in [-0.05, 0) is 0 Å². The maximum atomic E-state index is 9.75. The largest absolute Gasteiger partial charge is 0.673 e. The molecule has 0 aliphatic rings. The second kappa shape index (κ2) is 3.89.